The topological polar surface area (TPSA) is 66.5 Å². The Labute approximate surface area is 160 Å². The number of thiophene rings is 1. The lowest BCUT2D eigenvalue weighted by atomic mass is 10.1. The Bertz CT molecular complexity index is 862. The molecule has 0 spiro atoms. The SMILES string of the molecule is Cc1ccc(CNC(=O)[C@@H]2CCCN2S(=O)(=O)c2ccc(Br)s2)cc1. The minimum Gasteiger partial charge on any atom is -0.351 e. The summed E-state index contributed by atoms with van der Waals surface area (Å²) >= 11 is 4.45. The van der Waals surface area contributed by atoms with Crippen LogP contribution < -0.4 is 5.32 Å². The molecule has 2 heterocycles. The molecule has 0 saturated carbocycles. The van der Waals surface area contributed by atoms with Gasteiger partial charge in [-0.15, -0.1) is 11.3 Å². The highest BCUT2D eigenvalue weighted by molar-refractivity contribution is 9.11. The fourth-order valence-electron chi connectivity index (χ4n) is 2.85. The number of benzene rings is 1. The van der Waals surface area contributed by atoms with Gasteiger partial charge in [-0.05, 0) is 53.4 Å². The van der Waals surface area contributed by atoms with Crippen LogP contribution in [0.25, 0.3) is 0 Å². The molecule has 0 bridgehead atoms. The van der Waals surface area contributed by atoms with E-state index >= 15 is 0 Å². The summed E-state index contributed by atoms with van der Waals surface area (Å²) in [5.74, 6) is -0.239. The number of hydrogen-bond acceptors (Lipinski definition) is 4. The van der Waals surface area contributed by atoms with E-state index < -0.39 is 16.1 Å². The van der Waals surface area contributed by atoms with E-state index in [1.165, 1.54) is 4.31 Å². The molecule has 0 unspecified atom stereocenters. The van der Waals surface area contributed by atoms with E-state index in [0.717, 1.165) is 26.3 Å². The van der Waals surface area contributed by atoms with Crippen LogP contribution in [0.15, 0.2) is 44.4 Å². The predicted octanol–water partition coefficient (Wildman–Crippen LogP) is 3.29. The molecule has 1 N–H and O–H groups in total. The average molecular weight is 443 g/mol. The van der Waals surface area contributed by atoms with Crippen LogP contribution in [0.5, 0.6) is 0 Å². The van der Waals surface area contributed by atoms with Crippen molar-refractivity contribution in [1.82, 2.24) is 9.62 Å². The summed E-state index contributed by atoms with van der Waals surface area (Å²) in [4.78, 5) is 12.6. The van der Waals surface area contributed by atoms with E-state index in [4.69, 9.17) is 0 Å². The van der Waals surface area contributed by atoms with E-state index in [2.05, 4.69) is 21.2 Å². The quantitative estimate of drug-likeness (QED) is 0.772. The normalized spacial score (nSPS) is 18.4. The van der Waals surface area contributed by atoms with E-state index in [1.807, 2.05) is 31.2 Å². The third kappa shape index (κ3) is 4.13. The maximum atomic E-state index is 12.8. The molecular weight excluding hydrogens is 424 g/mol. The van der Waals surface area contributed by atoms with Gasteiger partial charge in [-0.3, -0.25) is 4.79 Å². The Morgan fingerprint density at radius 1 is 1.28 bits per heavy atom. The molecule has 1 aliphatic heterocycles. The zero-order valence-corrected chi connectivity index (χ0v) is 17.0. The number of nitrogens with zero attached hydrogens (tertiary/aromatic N) is 1. The summed E-state index contributed by atoms with van der Waals surface area (Å²) in [5, 5.41) is 2.87. The standard InChI is InChI=1S/C17H19BrN2O3S2/c1-12-4-6-13(7-5-12)11-19-17(21)14-3-2-10-20(14)25(22,23)16-9-8-15(18)24-16/h4-9,14H,2-3,10-11H2,1H3,(H,19,21)/t14-/m0/s1. The number of aryl methyl sites for hydroxylation is 1. The molecule has 134 valence electrons. The van der Waals surface area contributed by atoms with Crippen LogP contribution in [-0.4, -0.2) is 31.2 Å². The highest BCUT2D eigenvalue weighted by Gasteiger charge is 2.39. The van der Waals surface area contributed by atoms with E-state index in [1.54, 1.807) is 12.1 Å². The van der Waals surface area contributed by atoms with Crippen molar-refractivity contribution in [3.05, 3.63) is 51.3 Å². The minimum absolute atomic E-state index is 0.239. The van der Waals surface area contributed by atoms with Crippen molar-refractivity contribution in [1.29, 1.82) is 0 Å². The predicted molar refractivity (Wildman–Crippen MR) is 102 cm³/mol. The molecular formula is C17H19BrN2O3S2. The third-order valence-electron chi connectivity index (χ3n) is 4.21. The second kappa shape index (κ2) is 7.57. The summed E-state index contributed by atoms with van der Waals surface area (Å²) in [6, 6.07) is 10.5. The Hall–Kier alpha value is -1.22. The lowest BCUT2D eigenvalue weighted by Gasteiger charge is -2.22. The molecule has 1 aromatic carbocycles. The van der Waals surface area contributed by atoms with E-state index in [-0.39, 0.29) is 10.1 Å². The second-order valence-electron chi connectivity index (χ2n) is 6.04. The van der Waals surface area contributed by atoms with Crippen molar-refractivity contribution in [3.8, 4) is 0 Å². The van der Waals surface area contributed by atoms with Gasteiger partial charge in [-0.2, -0.15) is 4.31 Å². The first-order valence-electron chi connectivity index (χ1n) is 7.98. The maximum absolute atomic E-state index is 12.8. The van der Waals surface area contributed by atoms with Crippen molar-refractivity contribution >= 4 is 43.2 Å². The largest absolute Gasteiger partial charge is 0.351 e. The van der Waals surface area contributed by atoms with Gasteiger partial charge < -0.3 is 5.32 Å². The average Bonchev–Trinajstić information content (AvgIpc) is 3.23. The van der Waals surface area contributed by atoms with E-state index in [9.17, 15) is 13.2 Å². The van der Waals surface area contributed by atoms with Crippen LogP contribution in [0.2, 0.25) is 0 Å². The van der Waals surface area contributed by atoms with Crippen molar-refractivity contribution in [2.75, 3.05) is 6.54 Å². The lowest BCUT2D eigenvalue weighted by Crippen LogP contribution is -2.45. The van der Waals surface area contributed by atoms with Gasteiger partial charge in [0.2, 0.25) is 5.91 Å². The number of halogens is 1. The van der Waals surface area contributed by atoms with Gasteiger partial charge in [0, 0.05) is 13.1 Å². The molecule has 0 aliphatic carbocycles. The molecule has 8 heteroatoms. The van der Waals surface area contributed by atoms with Crippen LogP contribution >= 0.6 is 27.3 Å². The number of nitrogens with one attached hydrogen (secondary N) is 1. The third-order valence-corrected chi connectivity index (χ3v) is 8.20. The molecule has 1 atom stereocenters. The summed E-state index contributed by atoms with van der Waals surface area (Å²) < 4.78 is 28.0. The Morgan fingerprint density at radius 3 is 2.64 bits per heavy atom. The first-order chi connectivity index (χ1) is 11.9. The smallest absolute Gasteiger partial charge is 0.253 e. The van der Waals surface area contributed by atoms with Crippen LogP contribution in [0, 0.1) is 6.92 Å². The molecule has 25 heavy (non-hydrogen) atoms. The van der Waals surface area contributed by atoms with Gasteiger partial charge in [0.15, 0.2) is 0 Å². The van der Waals surface area contributed by atoms with Gasteiger partial charge in [0.25, 0.3) is 10.0 Å². The molecule has 1 aliphatic rings. The number of amides is 1. The van der Waals surface area contributed by atoms with Crippen LogP contribution in [-0.2, 0) is 21.4 Å². The highest BCUT2D eigenvalue weighted by Crippen LogP contribution is 2.32. The van der Waals surface area contributed by atoms with Crippen LogP contribution in [0.1, 0.15) is 24.0 Å². The molecule has 2 aromatic rings. The van der Waals surface area contributed by atoms with Crippen molar-refractivity contribution < 1.29 is 13.2 Å². The van der Waals surface area contributed by atoms with Crippen LogP contribution in [0.4, 0.5) is 0 Å². The highest BCUT2D eigenvalue weighted by atomic mass is 79.9. The molecule has 1 amide bonds. The fraction of sp³-hybridized carbons (Fsp3) is 0.353. The van der Waals surface area contributed by atoms with Gasteiger partial charge >= 0.3 is 0 Å². The van der Waals surface area contributed by atoms with Crippen molar-refractivity contribution in [3.63, 3.8) is 0 Å². The van der Waals surface area contributed by atoms with Crippen molar-refractivity contribution in [2.24, 2.45) is 0 Å². The summed E-state index contributed by atoms with van der Waals surface area (Å²) in [6.45, 7) is 2.78. The lowest BCUT2D eigenvalue weighted by molar-refractivity contribution is -0.124. The van der Waals surface area contributed by atoms with Gasteiger partial charge in [0.05, 0.1) is 3.79 Å². The van der Waals surface area contributed by atoms with Gasteiger partial charge in [-0.25, -0.2) is 8.42 Å². The summed E-state index contributed by atoms with van der Waals surface area (Å²) in [6.07, 6.45) is 1.24. The fourth-order valence-corrected chi connectivity index (χ4v) is 6.65. The monoisotopic (exact) mass is 442 g/mol. The van der Waals surface area contributed by atoms with Crippen molar-refractivity contribution in [2.45, 2.75) is 36.6 Å². The number of hydrogen-bond donors (Lipinski definition) is 1. The number of carbonyl (C=O) groups excluding carboxylic acids is 1. The zero-order chi connectivity index (χ0) is 18.0. The number of rotatable bonds is 5. The van der Waals surface area contributed by atoms with Crippen LogP contribution in [0.3, 0.4) is 0 Å². The molecule has 0 radical (unpaired) electrons. The Balaban J connectivity index is 1.70. The van der Waals surface area contributed by atoms with Gasteiger partial charge in [-0.1, -0.05) is 29.8 Å². The maximum Gasteiger partial charge on any atom is 0.253 e. The Morgan fingerprint density at radius 2 is 2.00 bits per heavy atom. The summed E-state index contributed by atoms with van der Waals surface area (Å²) in [5.41, 5.74) is 2.15. The zero-order valence-electron chi connectivity index (χ0n) is 13.7. The molecule has 3 rings (SSSR count). The number of carbonyl (C=O) groups is 1. The molecule has 1 fully saturated rings. The first-order valence-corrected chi connectivity index (χ1v) is 11.0. The molecule has 5 nitrogen and oxygen atoms in total. The Kier molecular flexibility index (Phi) is 5.62. The molecule has 1 saturated heterocycles. The number of sulfonamides is 1. The molecule has 1 aromatic heterocycles. The minimum atomic E-state index is -3.64. The van der Waals surface area contributed by atoms with Gasteiger partial charge in [0.1, 0.15) is 10.3 Å². The van der Waals surface area contributed by atoms with E-state index in [0.29, 0.717) is 25.9 Å². The summed E-state index contributed by atoms with van der Waals surface area (Å²) in [7, 11) is -3.64. The first kappa shape index (κ1) is 18.6. The second-order valence-corrected chi connectivity index (χ2v) is 10.6.